The lowest BCUT2D eigenvalue weighted by atomic mass is 10.0. The second-order valence-electron chi connectivity index (χ2n) is 5.25. The summed E-state index contributed by atoms with van der Waals surface area (Å²) < 4.78 is 0. The average molecular weight is 261 g/mol. The average Bonchev–Trinajstić information content (AvgIpc) is 2.41. The molecule has 1 amide bonds. The van der Waals surface area contributed by atoms with Gasteiger partial charge >= 0.3 is 0 Å². The number of pyridine rings is 1. The van der Waals surface area contributed by atoms with Crippen molar-refractivity contribution in [3.05, 3.63) is 29.6 Å². The normalized spacial score (nSPS) is 17.4. The first-order valence-corrected chi connectivity index (χ1v) is 7.16. The number of carbonyl (C=O) groups excluding carboxylic acids is 1. The second-order valence-corrected chi connectivity index (χ2v) is 5.25. The number of amides is 1. The Labute approximate surface area is 115 Å². The quantitative estimate of drug-likeness (QED) is 0.901. The van der Waals surface area contributed by atoms with Crippen LogP contribution in [0.2, 0.25) is 0 Å². The molecule has 104 valence electrons. The Kier molecular flexibility index (Phi) is 4.91. The monoisotopic (exact) mass is 261 g/mol. The van der Waals surface area contributed by atoms with Gasteiger partial charge in [-0.05, 0) is 44.9 Å². The van der Waals surface area contributed by atoms with Crippen LogP contribution >= 0.6 is 0 Å². The van der Waals surface area contributed by atoms with Crippen molar-refractivity contribution < 1.29 is 4.79 Å². The van der Waals surface area contributed by atoms with Gasteiger partial charge in [-0.2, -0.15) is 0 Å². The summed E-state index contributed by atoms with van der Waals surface area (Å²) in [6.07, 6.45) is 3.28. The first-order chi connectivity index (χ1) is 9.19. The number of nitrogens with zero attached hydrogens (tertiary/aromatic N) is 2. The van der Waals surface area contributed by atoms with Crippen molar-refractivity contribution >= 4 is 5.91 Å². The van der Waals surface area contributed by atoms with Gasteiger partial charge in [0, 0.05) is 24.8 Å². The fourth-order valence-electron chi connectivity index (χ4n) is 2.55. The molecule has 2 heterocycles. The van der Waals surface area contributed by atoms with E-state index in [1.807, 2.05) is 19.1 Å². The maximum Gasteiger partial charge on any atom is 0.270 e. The lowest BCUT2D eigenvalue weighted by Crippen LogP contribution is -2.44. The van der Waals surface area contributed by atoms with E-state index in [0.717, 1.165) is 31.6 Å². The molecule has 1 fully saturated rings. The first kappa shape index (κ1) is 14.0. The minimum Gasteiger partial charge on any atom is -0.348 e. The van der Waals surface area contributed by atoms with E-state index >= 15 is 0 Å². The maximum atomic E-state index is 12.1. The SMILES string of the molecule is CCCN1CCC(NC(=O)c2cccc(C)n2)CC1. The number of carbonyl (C=O) groups is 1. The number of likely N-dealkylation sites (tertiary alicyclic amines) is 1. The van der Waals surface area contributed by atoms with Gasteiger partial charge in [0.1, 0.15) is 5.69 Å². The molecule has 1 aliphatic heterocycles. The van der Waals surface area contributed by atoms with E-state index in [-0.39, 0.29) is 5.91 Å². The maximum absolute atomic E-state index is 12.1. The standard InChI is InChI=1S/C15H23N3O/c1-3-9-18-10-7-13(8-11-18)17-15(19)14-6-4-5-12(2)16-14/h4-6,13H,3,7-11H2,1-2H3,(H,17,19). The molecule has 19 heavy (non-hydrogen) atoms. The molecule has 0 aromatic carbocycles. The van der Waals surface area contributed by atoms with Crippen LogP contribution in [0.5, 0.6) is 0 Å². The van der Waals surface area contributed by atoms with Gasteiger partial charge in [0.05, 0.1) is 0 Å². The van der Waals surface area contributed by atoms with Crippen molar-refractivity contribution in [2.24, 2.45) is 0 Å². The zero-order valence-electron chi connectivity index (χ0n) is 11.9. The summed E-state index contributed by atoms with van der Waals surface area (Å²) >= 11 is 0. The van der Waals surface area contributed by atoms with Crippen molar-refractivity contribution in [1.82, 2.24) is 15.2 Å². The minimum atomic E-state index is -0.0439. The summed E-state index contributed by atoms with van der Waals surface area (Å²) in [5.74, 6) is -0.0439. The van der Waals surface area contributed by atoms with Gasteiger partial charge < -0.3 is 10.2 Å². The van der Waals surface area contributed by atoms with Crippen LogP contribution in [0.4, 0.5) is 0 Å². The van der Waals surface area contributed by atoms with Crippen LogP contribution in [0.25, 0.3) is 0 Å². The van der Waals surface area contributed by atoms with E-state index in [2.05, 4.69) is 22.1 Å². The van der Waals surface area contributed by atoms with Crippen molar-refractivity contribution in [1.29, 1.82) is 0 Å². The molecular formula is C15H23N3O. The van der Waals surface area contributed by atoms with Crippen LogP contribution in [0.1, 0.15) is 42.4 Å². The number of hydrogen-bond acceptors (Lipinski definition) is 3. The summed E-state index contributed by atoms with van der Waals surface area (Å²) in [6.45, 7) is 7.44. The molecule has 1 aliphatic rings. The number of aryl methyl sites for hydroxylation is 1. The molecule has 0 saturated carbocycles. The Balaban J connectivity index is 1.84. The molecule has 0 bridgehead atoms. The zero-order valence-corrected chi connectivity index (χ0v) is 11.9. The van der Waals surface area contributed by atoms with Crippen LogP contribution in [-0.4, -0.2) is 41.5 Å². The summed E-state index contributed by atoms with van der Waals surface area (Å²) in [4.78, 5) is 18.8. The fourth-order valence-corrected chi connectivity index (χ4v) is 2.55. The Morgan fingerprint density at radius 1 is 1.42 bits per heavy atom. The molecule has 0 aliphatic carbocycles. The molecule has 1 saturated heterocycles. The van der Waals surface area contributed by atoms with Gasteiger partial charge in [-0.15, -0.1) is 0 Å². The Morgan fingerprint density at radius 3 is 2.79 bits per heavy atom. The largest absolute Gasteiger partial charge is 0.348 e. The van der Waals surface area contributed by atoms with Crippen molar-refractivity contribution in [3.63, 3.8) is 0 Å². The van der Waals surface area contributed by atoms with Crippen molar-refractivity contribution in [2.45, 2.75) is 39.2 Å². The summed E-state index contributed by atoms with van der Waals surface area (Å²) in [7, 11) is 0. The predicted molar refractivity (Wildman–Crippen MR) is 76.2 cm³/mol. The van der Waals surface area contributed by atoms with Gasteiger partial charge in [0.2, 0.25) is 0 Å². The van der Waals surface area contributed by atoms with E-state index in [1.165, 1.54) is 13.0 Å². The van der Waals surface area contributed by atoms with E-state index < -0.39 is 0 Å². The number of rotatable bonds is 4. The third kappa shape index (κ3) is 4.03. The highest BCUT2D eigenvalue weighted by Gasteiger charge is 2.20. The van der Waals surface area contributed by atoms with Crippen molar-refractivity contribution in [2.75, 3.05) is 19.6 Å². The molecular weight excluding hydrogens is 238 g/mol. The van der Waals surface area contributed by atoms with Gasteiger partial charge in [0.25, 0.3) is 5.91 Å². The van der Waals surface area contributed by atoms with Crippen LogP contribution < -0.4 is 5.32 Å². The third-order valence-corrected chi connectivity index (χ3v) is 3.58. The van der Waals surface area contributed by atoms with Crippen molar-refractivity contribution in [3.8, 4) is 0 Å². The molecule has 2 rings (SSSR count). The molecule has 1 aromatic heterocycles. The van der Waals surface area contributed by atoms with Crippen LogP contribution in [0.15, 0.2) is 18.2 Å². The number of aromatic nitrogens is 1. The molecule has 4 heteroatoms. The second kappa shape index (κ2) is 6.66. The van der Waals surface area contributed by atoms with Gasteiger partial charge in [-0.3, -0.25) is 4.79 Å². The lowest BCUT2D eigenvalue weighted by Gasteiger charge is -2.32. The highest BCUT2D eigenvalue weighted by atomic mass is 16.1. The molecule has 0 atom stereocenters. The highest BCUT2D eigenvalue weighted by molar-refractivity contribution is 5.92. The Bertz CT molecular complexity index is 425. The molecule has 4 nitrogen and oxygen atoms in total. The Hall–Kier alpha value is -1.42. The van der Waals surface area contributed by atoms with Gasteiger partial charge in [-0.25, -0.2) is 4.98 Å². The molecule has 0 spiro atoms. The summed E-state index contributed by atoms with van der Waals surface area (Å²) in [6, 6.07) is 5.85. The van der Waals surface area contributed by atoms with Gasteiger partial charge in [-0.1, -0.05) is 13.0 Å². The first-order valence-electron chi connectivity index (χ1n) is 7.16. The van der Waals surface area contributed by atoms with Crippen LogP contribution in [0, 0.1) is 6.92 Å². The third-order valence-electron chi connectivity index (χ3n) is 3.58. The molecule has 1 aromatic rings. The van der Waals surface area contributed by atoms with E-state index in [1.54, 1.807) is 6.07 Å². The van der Waals surface area contributed by atoms with E-state index in [9.17, 15) is 4.79 Å². The minimum absolute atomic E-state index is 0.0439. The van der Waals surface area contributed by atoms with E-state index in [4.69, 9.17) is 0 Å². The molecule has 1 N–H and O–H groups in total. The zero-order chi connectivity index (χ0) is 13.7. The number of nitrogens with one attached hydrogen (secondary N) is 1. The number of piperidine rings is 1. The van der Waals surface area contributed by atoms with Crippen LogP contribution in [0.3, 0.4) is 0 Å². The molecule has 0 radical (unpaired) electrons. The fraction of sp³-hybridized carbons (Fsp3) is 0.600. The summed E-state index contributed by atoms with van der Waals surface area (Å²) in [5.41, 5.74) is 1.40. The van der Waals surface area contributed by atoms with E-state index in [0.29, 0.717) is 11.7 Å². The lowest BCUT2D eigenvalue weighted by molar-refractivity contribution is 0.0906. The summed E-state index contributed by atoms with van der Waals surface area (Å²) in [5, 5.41) is 3.10. The highest BCUT2D eigenvalue weighted by Crippen LogP contribution is 2.11. The van der Waals surface area contributed by atoms with Gasteiger partial charge in [0.15, 0.2) is 0 Å². The Morgan fingerprint density at radius 2 is 2.16 bits per heavy atom. The smallest absolute Gasteiger partial charge is 0.270 e. The van der Waals surface area contributed by atoms with Crippen LogP contribution in [-0.2, 0) is 0 Å². The number of hydrogen-bond donors (Lipinski definition) is 1. The topological polar surface area (TPSA) is 45.2 Å². The molecule has 0 unspecified atom stereocenters. The predicted octanol–water partition coefficient (Wildman–Crippen LogP) is 1.99.